The molecule has 1 aliphatic rings. The molecule has 1 fully saturated rings. The third kappa shape index (κ3) is 3.80. The van der Waals surface area contributed by atoms with Crippen LogP contribution in [0.25, 0.3) is 0 Å². The summed E-state index contributed by atoms with van der Waals surface area (Å²) in [6.45, 7) is 1.59. The highest BCUT2D eigenvalue weighted by molar-refractivity contribution is 7.39. The lowest BCUT2D eigenvalue weighted by atomic mass is 9.82. The summed E-state index contributed by atoms with van der Waals surface area (Å²) in [6, 6.07) is 17.8. The first-order valence-electron chi connectivity index (χ1n) is 9.11. The molecule has 0 spiro atoms. The van der Waals surface area contributed by atoms with Gasteiger partial charge in [-0.15, -0.1) is 0 Å². The summed E-state index contributed by atoms with van der Waals surface area (Å²) >= 11 is 0. The Bertz CT molecular complexity index is 758. The van der Waals surface area contributed by atoms with E-state index in [2.05, 4.69) is 0 Å². The van der Waals surface area contributed by atoms with Gasteiger partial charge in [0.1, 0.15) is 0 Å². The number of para-hydroxylation sites is 2. The molecule has 0 aromatic heterocycles. The topological polar surface area (TPSA) is 90.3 Å². The first-order valence-corrected chi connectivity index (χ1v) is 10.3. The van der Waals surface area contributed by atoms with E-state index in [0.29, 0.717) is 17.8 Å². The minimum absolute atomic E-state index is 0.261. The fourth-order valence-electron chi connectivity index (χ4n) is 3.34. The Kier molecular flexibility index (Phi) is 6.42. The summed E-state index contributed by atoms with van der Waals surface area (Å²) in [5.41, 5.74) is -0.398. The van der Waals surface area contributed by atoms with Gasteiger partial charge in [-0.2, -0.15) is 0 Å². The molecule has 3 rings (SSSR count). The second-order valence-corrected chi connectivity index (χ2v) is 7.38. The first-order chi connectivity index (χ1) is 13.5. The summed E-state index contributed by atoms with van der Waals surface area (Å²) in [6.07, 6.45) is 1.67. The maximum atomic E-state index is 13.6. The van der Waals surface area contributed by atoms with E-state index in [4.69, 9.17) is 4.52 Å². The summed E-state index contributed by atoms with van der Waals surface area (Å²) in [4.78, 5) is 45.6. The fourth-order valence-corrected chi connectivity index (χ4v) is 3.67. The first kappa shape index (κ1) is 20.4. The molecule has 2 aromatic carbocycles. The normalized spacial score (nSPS) is 16.3. The summed E-state index contributed by atoms with van der Waals surface area (Å²) < 4.78 is 5.02. The zero-order valence-corrected chi connectivity index (χ0v) is 16.5. The van der Waals surface area contributed by atoms with E-state index in [9.17, 15) is 19.4 Å². The minimum atomic E-state index is -2.68. The van der Waals surface area contributed by atoms with Crippen molar-refractivity contribution in [2.45, 2.75) is 26.2 Å². The van der Waals surface area contributed by atoms with Gasteiger partial charge in [0.15, 0.2) is 5.41 Å². The van der Waals surface area contributed by atoms with Gasteiger partial charge < -0.3 is 14.3 Å². The SMILES string of the molecule is CCCCC1(COP(O)O)C(=O)N(c2ccccc2)N(c2ccccc2)C1=O. The largest absolute Gasteiger partial charge is 0.328 e. The van der Waals surface area contributed by atoms with Crippen molar-refractivity contribution in [2.24, 2.45) is 5.41 Å². The van der Waals surface area contributed by atoms with Crippen LogP contribution in [0.4, 0.5) is 11.4 Å². The van der Waals surface area contributed by atoms with Crippen LogP contribution in [0, 0.1) is 5.41 Å². The van der Waals surface area contributed by atoms with Crippen LogP contribution < -0.4 is 10.0 Å². The number of hydrazine groups is 1. The average molecular weight is 402 g/mol. The second-order valence-electron chi connectivity index (χ2n) is 6.62. The third-order valence-corrected chi connectivity index (χ3v) is 5.15. The molecule has 0 bridgehead atoms. The molecule has 1 heterocycles. The molecule has 8 heteroatoms. The number of carbonyl (C=O) groups is 2. The van der Waals surface area contributed by atoms with Gasteiger partial charge in [0, 0.05) is 0 Å². The predicted octanol–water partition coefficient (Wildman–Crippen LogP) is 3.39. The number of nitrogens with zero attached hydrogens (tertiary/aromatic N) is 2. The van der Waals surface area contributed by atoms with Crippen molar-refractivity contribution >= 4 is 31.8 Å². The number of benzene rings is 2. The van der Waals surface area contributed by atoms with Crippen molar-refractivity contribution in [3.05, 3.63) is 60.7 Å². The molecule has 2 N–H and O–H groups in total. The molecule has 28 heavy (non-hydrogen) atoms. The van der Waals surface area contributed by atoms with Gasteiger partial charge in [-0.3, -0.25) is 9.59 Å². The van der Waals surface area contributed by atoms with E-state index in [0.717, 1.165) is 6.42 Å². The van der Waals surface area contributed by atoms with Crippen LogP contribution >= 0.6 is 8.60 Å². The van der Waals surface area contributed by atoms with Crippen LogP contribution in [0.15, 0.2) is 60.7 Å². The molecule has 1 saturated heterocycles. The zero-order chi connectivity index (χ0) is 20.1. The quantitative estimate of drug-likeness (QED) is 0.522. The van der Waals surface area contributed by atoms with Gasteiger partial charge >= 0.3 is 8.60 Å². The lowest BCUT2D eigenvalue weighted by Crippen LogP contribution is -2.41. The number of rotatable bonds is 8. The minimum Gasteiger partial charge on any atom is -0.328 e. The lowest BCUT2D eigenvalue weighted by Gasteiger charge is -2.27. The highest BCUT2D eigenvalue weighted by Gasteiger charge is 2.59. The molecule has 2 aromatic rings. The molecule has 2 amide bonds. The second kappa shape index (κ2) is 8.80. The molecule has 1 aliphatic heterocycles. The van der Waals surface area contributed by atoms with Gasteiger partial charge in [0.05, 0.1) is 18.0 Å². The summed E-state index contributed by atoms with van der Waals surface area (Å²) in [5, 5.41) is 2.71. The van der Waals surface area contributed by atoms with Gasteiger partial charge in [0.25, 0.3) is 11.8 Å². The maximum absolute atomic E-state index is 13.6. The molecular weight excluding hydrogens is 379 g/mol. The van der Waals surface area contributed by atoms with E-state index in [1.165, 1.54) is 10.0 Å². The molecule has 148 valence electrons. The Morgan fingerprint density at radius 2 is 1.36 bits per heavy atom. The van der Waals surface area contributed by atoms with E-state index in [1.807, 2.05) is 19.1 Å². The lowest BCUT2D eigenvalue weighted by molar-refractivity contribution is -0.137. The molecule has 0 unspecified atom stereocenters. The van der Waals surface area contributed by atoms with E-state index < -0.39 is 25.8 Å². The Balaban J connectivity index is 2.11. The standard InChI is InChI=1S/C20H23N2O5P/c1-2-3-14-20(15-27-28(25)26)18(23)21(16-10-6-4-7-11-16)22(19(20)24)17-12-8-5-9-13-17/h4-13,25-26H,2-3,14-15H2,1H3. The Hall–Kier alpha value is -2.31. The average Bonchev–Trinajstić information content (AvgIpc) is 2.93. The van der Waals surface area contributed by atoms with Crippen LogP contribution in [0.1, 0.15) is 26.2 Å². The Labute approximate surface area is 165 Å². The van der Waals surface area contributed by atoms with Crippen molar-refractivity contribution in [1.82, 2.24) is 0 Å². The Morgan fingerprint density at radius 1 is 0.893 bits per heavy atom. The van der Waals surface area contributed by atoms with Crippen molar-refractivity contribution in [1.29, 1.82) is 0 Å². The predicted molar refractivity (Wildman–Crippen MR) is 107 cm³/mol. The number of carbonyl (C=O) groups excluding carboxylic acids is 2. The van der Waals surface area contributed by atoms with Crippen molar-refractivity contribution in [3.63, 3.8) is 0 Å². The number of amides is 2. The number of anilines is 2. The smallest absolute Gasteiger partial charge is 0.327 e. The van der Waals surface area contributed by atoms with Gasteiger partial charge in [-0.1, -0.05) is 56.2 Å². The zero-order valence-electron chi connectivity index (χ0n) is 15.6. The van der Waals surface area contributed by atoms with Crippen LogP contribution in [-0.4, -0.2) is 28.2 Å². The third-order valence-electron chi connectivity index (χ3n) is 4.79. The molecule has 0 radical (unpaired) electrons. The summed E-state index contributed by atoms with van der Waals surface area (Å²) in [5.74, 6) is -0.865. The molecule has 7 nitrogen and oxygen atoms in total. The number of hydrogen-bond donors (Lipinski definition) is 2. The van der Waals surface area contributed by atoms with E-state index in [1.54, 1.807) is 48.5 Å². The van der Waals surface area contributed by atoms with Gasteiger partial charge in [-0.05, 0) is 30.7 Å². The van der Waals surface area contributed by atoms with Crippen LogP contribution in [-0.2, 0) is 14.1 Å². The van der Waals surface area contributed by atoms with Gasteiger partial charge in [-0.25, -0.2) is 10.0 Å². The highest BCUT2D eigenvalue weighted by Crippen LogP contribution is 2.43. The fraction of sp³-hybridized carbons (Fsp3) is 0.300. The molecule has 0 atom stereocenters. The van der Waals surface area contributed by atoms with Crippen molar-refractivity contribution < 1.29 is 23.9 Å². The van der Waals surface area contributed by atoms with Gasteiger partial charge in [0.2, 0.25) is 0 Å². The van der Waals surface area contributed by atoms with Crippen LogP contribution in [0.2, 0.25) is 0 Å². The number of unbranched alkanes of at least 4 members (excludes halogenated alkanes) is 1. The number of hydrogen-bond acceptors (Lipinski definition) is 5. The molecule has 0 aliphatic carbocycles. The summed E-state index contributed by atoms with van der Waals surface area (Å²) in [7, 11) is -2.68. The highest BCUT2D eigenvalue weighted by atomic mass is 31.2. The van der Waals surface area contributed by atoms with Crippen LogP contribution in [0.3, 0.4) is 0 Å². The monoisotopic (exact) mass is 402 g/mol. The maximum Gasteiger partial charge on any atom is 0.327 e. The molecule has 0 saturated carbocycles. The molecular formula is C20H23N2O5P. The van der Waals surface area contributed by atoms with Crippen molar-refractivity contribution in [3.8, 4) is 0 Å². The van der Waals surface area contributed by atoms with Crippen molar-refractivity contribution in [2.75, 3.05) is 16.6 Å². The Morgan fingerprint density at radius 3 is 1.75 bits per heavy atom. The van der Waals surface area contributed by atoms with E-state index >= 15 is 0 Å². The van der Waals surface area contributed by atoms with E-state index in [-0.39, 0.29) is 13.0 Å². The van der Waals surface area contributed by atoms with Crippen LogP contribution in [0.5, 0.6) is 0 Å².